The number of urea groups is 1. The topological polar surface area (TPSA) is 130 Å². The van der Waals surface area contributed by atoms with Crippen molar-refractivity contribution in [3.05, 3.63) is 77.1 Å². The van der Waals surface area contributed by atoms with Gasteiger partial charge in [0.15, 0.2) is 0 Å². The number of likely N-dealkylation sites (tertiary alicyclic amines) is 1. The van der Waals surface area contributed by atoms with E-state index in [2.05, 4.69) is 15.6 Å². The molecule has 11 heteroatoms. The number of carbonyl (C=O) groups excluding carboxylic acids is 2. The number of aromatic carboxylic acids is 1. The molecule has 0 radical (unpaired) electrons. The number of benzene rings is 2. The molecule has 38 heavy (non-hydrogen) atoms. The number of rotatable bonds is 9. The third kappa shape index (κ3) is 6.71. The summed E-state index contributed by atoms with van der Waals surface area (Å²) >= 11 is 6.10. The van der Waals surface area contributed by atoms with Gasteiger partial charge in [-0.1, -0.05) is 29.8 Å². The Morgan fingerprint density at radius 2 is 1.89 bits per heavy atom. The fourth-order valence-corrected chi connectivity index (χ4v) is 4.37. The number of amides is 3. The Labute approximate surface area is 224 Å². The molecule has 0 aliphatic carbocycles. The normalized spacial score (nSPS) is 14.6. The van der Waals surface area contributed by atoms with Gasteiger partial charge in [-0.25, -0.2) is 14.6 Å². The first-order valence-electron chi connectivity index (χ1n) is 11.9. The lowest BCUT2D eigenvalue weighted by atomic mass is 10.1. The Balaban J connectivity index is 1.34. The predicted octanol–water partition coefficient (Wildman–Crippen LogP) is 4.70. The van der Waals surface area contributed by atoms with Gasteiger partial charge in [0.05, 0.1) is 42.2 Å². The van der Waals surface area contributed by atoms with Gasteiger partial charge in [-0.05, 0) is 54.8 Å². The smallest absolute Gasteiger partial charge is 0.354 e. The van der Waals surface area contributed by atoms with Crippen molar-refractivity contribution in [2.75, 3.05) is 30.9 Å². The lowest BCUT2D eigenvalue weighted by Gasteiger charge is -2.25. The van der Waals surface area contributed by atoms with E-state index >= 15 is 0 Å². The lowest BCUT2D eigenvalue weighted by Crippen LogP contribution is -2.39. The van der Waals surface area contributed by atoms with Crippen LogP contribution in [0.15, 0.2) is 60.8 Å². The Morgan fingerprint density at radius 1 is 1.11 bits per heavy atom. The molecule has 3 N–H and O–H groups in total. The fraction of sp³-hybridized carbons (Fsp3) is 0.259. The van der Waals surface area contributed by atoms with Crippen LogP contribution in [0.25, 0.3) is 0 Å². The first-order chi connectivity index (χ1) is 18.3. The van der Waals surface area contributed by atoms with Crippen LogP contribution in [-0.2, 0) is 11.2 Å². The standard InChI is InChI=1S/C27H27ClN4O6/c1-37-24-13-17(8-10-22(24)31-27(36)30-21-7-3-2-6-20(21)28)14-25(33)32-12-4-5-18(32)16-38-19-9-11-23(26(34)35)29-15-19/h2-3,6-11,13,15,18H,4-5,12,14,16H2,1H3,(H,34,35)(H2,30,31,36)/t18-/m0/s1. The van der Waals surface area contributed by atoms with E-state index in [-0.39, 0.29) is 30.7 Å². The summed E-state index contributed by atoms with van der Waals surface area (Å²) in [5.74, 6) is -0.288. The number of carboxylic acid groups (broad SMARTS) is 1. The van der Waals surface area contributed by atoms with Crippen LogP contribution in [0.1, 0.15) is 28.9 Å². The van der Waals surface area contributed by atoms with E-state index < -0.39 is 12.0 Å². The average molecular weight is 539 g/mol. The van der Waals surface area contributed by atoms with Crippen LogP contribution < -0.4 is 20.1 Å². The van der Waals surface area contributed by atoms with Crippen molar-refractivity contribution in [1.82, 2.24) is 9.88 Å². The number of halogens is 1. The van der Waals surface area contributed by atoms with Gasteiger partial charge in [0.2, 0.25) is 5.91 Å². The molecule has 0 spiro atoms. The van der Waals surface area contributed by atoms with E-state index in [4.69, 9.17) is 26.2 Å². The summed E-state index contributed by atoms with van der Waals surface area (Å²) in [5.41, 5.74) is 1.60. The number of methoxy groups -OCH3 is 1. The van der Waals surface area contributed by atoms with Crippen molar-refractivity contribution in [1.29, 1.82) is 0 Å². The molecule has 1 aliphatic heterocycles. The van der Waals surface area contributed by atoms with Crippen molar-refractivity contribution in [2.24, 2.45) is 0 Å². The summed E-state index contributed by atoms with van der Waals surface area (Å²) in [6.45, 7) is 0.911. The predicted molar refractivity (Wildman–Crippen MR) is 142 cm³/mol. The molecule has 1 saturated heterocycles. The highest BCUT2D eigenvalue weighted by molar-refractivity contribution is 6.33. The number of pyridine rings is 1. The van der Waals surface area contributed by atoms with Gasteiger partial charge in [-0.2, -0.15) is 0 Å². The van der Waals surface area contributed by atoms with Gasteiger partial charge in [0, 0.05) is 6.54 Å². The monoisotopic (exact) mass is 538 g/mol. The van der Waals surface area contributed by atoms with Crippen molar-refractivity contribution in [3.8, 4) is 11.5 Å². The fourth-order valence-electron chi connectivity index (χ4n) is 4.19. The summed E-state index contributed by atoms with van der Waals surface area (Å²) in [6, 6.07) is 14.4. The quantitative estimate of drug-likeness (QED) is 0.360. The second-order valence-electron chi connectivity index (χ2n) is 8.65. The zero-order valence-electron chi connectivity index (χ0n) is 20.6. The van der Waals surface area contributed by atoms with Crippen LogP contribution in [0.3, 0.4) is 0 Å². The lowest BCUT2D eigenvalue weighted by molar-refractivity contribution is -0.131. The van der Waals surface area contributed by atoms with Gasteiger partial charge in [0.25, 0.3) is 0 Å². The van der Waals surface area contributed by atoms with Crippen LogP contribution in [0, 0.1) is 0 Å². The van der Waals surface area contributed by atoms with Gasteiger partial charge in [0.1, 0.15) is 23.8 Å². The van der Waals surface area contributed by atoms with Gasteiger partial charge in [-0.3, -0.25) is 4.79 Å². The second kappa shape index (κ2) is 12.3. The van der Waals surface area contributed by atoms with E-state index in [1.807, 2.05) is 0 Å². The number of nitrogens with one attached hydrogen (secondary N) is 2. The zero-order valence-corrected chi connectivity index (χ0v) is 21.4. The molecule has 1 aliphatic rings. The molecule has 2 heterocycles. The molecule has 3 amide bonds. The number of anilines is 2. The largest absolute Gasteiger partial charge is 0.495 e. The van der Waals surface area contributed by atoms with E-state index in [1.165, 1.54) is 19.4 Å². The van der Waals surface area contributed by atoms with E-state index in [1.54, 1.807) is 53.4 Å². The Kier molecular flexibility index (Phi) is 8.65. The molecule has 0 saturated carbocycles. The van der Waals surface area contributed by atoms with Crippen LogP contribution in [0.5, 0.6) is 11.5 Å². The number of hydrogen-bond donors (Lipinski definition) is 3. The number of para-hydroxylation sites is 1. The molecule has 1 fully saturated rings. The minimum Gasteiger partial charge on any atom is -0.495 e. The highest BCUT2D eigenvalue weighted by Crippen LogP contribution is 2.28. The maximum atomic E-state index is 13.1. The van der Waals surface area contributed by atoms with Crippen LogP contribution >= 0.6 is 11.6 Å². The second-order valence-corrected chi connectivity index (χ2v) is 9.06. The number of nitrogens with zero attached hydrogens (tertiary/aromatic N) is 2. The minimum atomic E-state index is -1.11. The van der Waals surface area contributed by atoms with Crippen molar-refractivity contribution in [2.45, 2.75) is 25.3 Å². The third-order valence-electron chi connectivity index (χ3n) is 6.09. The summed E-state index contributed by atoms with van der Waals surface area (Å²) in [6.07, 6.45) is 3.19. The maximum Gasteiger partial charge on any atom is 0.354 e. The summed E-state index contributed by atoms with van der Waals surface area (Å²) in [4.78, 5) is 42.2. The van der Waals surface area contributed by atoms with Crippen molar-refractivity contribution >= 4 is 40.9 Å². The molecular weight excluding hydrogens is 512 g/mol. The summed E-state index contributed by atoms with van der Waals surface area (Å²) in [7, 11) is 1.49. The van der Waals surface area contributed by atoms with E-state index in [9.17, 15) is 14.4 Å². The molecule has 1 atom stereocenters. The zero-order chi connectivity index (χ0) is 27.1. The molecular formula is C27H27ClN4O6. The molecule has 1 aromatic heterocycles. The summed E-state index contributed by atoms with van der Waals surface area (Å²) in [5, 5.41) is 14.8. The molecule has 0 bridgehead atoms. The first kappa shape index (κ1) is 26.7. The highest BCUT2D eigenvalue weighted by atomic mass is 35.5. The Bertz CT molecular complexity index is 1320. The van der Waals surface area contributed by atoms with Crippen molar-refractivity contribution < 1.29 is 29.0 Å². The Morgan fingerprint density at radius 3 is 2.61 bits per heavy atom. The molecule has 10 nitrogen and oxygen atoms in total. The van der Waals surface area contributed by atoms with Gasteiger partial charge < -0.3 is 30.1 Å². The number of aromatic nitrogens is 1. The molecule has 4 rings (SSSR count). The SMILES string of the molecule is COc1cc(CC(=O)N2CCC[C@H]2COc2ccc(C(=O)O)nc2)ccc1NC(=O)Nc1ccccc1Cl. The van der Waals surface area contributed by atoms with Gasteiger partial charge >= 0.3 is 12.0 Å². The van der Waals surface area contributed by atoms with E-state index in [0.717, 1.165) is 18.4 Å². The summed E-state index contributed by atoms with van der Waals surface area (Å²) < 4.78 is 11.2. The van der Waals surface area contributed by atoms with Crippen molar-refractivity contribution in [3.63, 3.8) is 0 Å². The van der Waals surface area contributed by atoms with Gasteiger partial charge in [-0.15, -0.1) is 0 Å². The van der Waals surface area contributed by atoms with Crippen LogP contribution in [-0.4, -0.2) is 59.2 Å². The Hall–Kier alpha value is -4.31. The number of carboxylic acids is 1. The number of carbonyl (C=O) groups is 3. The van der Waals surface area contributed by atoms with Crippen LogP contribution in [0.4, 0.5) is 16.2 Å². The number of ether oxygens (including phenoxy) is 2. The molecule has 3 aromatic rings. The molecule has 198 valence electrons. The van der Waals surface area contributed by atoms with E-state index in [0.29, 0.717) is 34.4 Å². The molecule has 2 aromatic carbocycles. The molecule has 0 unspecified atom stereocenters. The third-order valence-corrected chi connectivity index (χ3v) is 6.42. The number of hydrogen-bond acceptors (Lipinski definition) is 6. The highest BCUT2D eigenvalue weighted by Gasteiger charge is 2.29. The van der Waals surface area contributed by atoms with Crippen LogP contribution in [0.2, 0.25) is 5.02 Å². The minimum absolute atomic E-state index is 0.0466. The maximum absolute atomic E-state index is 13.1. The first-order valence-corrected chi connectivity index (χ1v) is 12.3. The average Bonchev–Trinajstić information content (AvgIpc) is 3.39.